The lowest BCUT2D eigenvalue weighted by molar-refractivity contribution is -0.0891. The zero-order chi connectivity index (χ0) is 20.1. The van der Waals surface area contributed by atoms with E-state index in [0.29, 0.717) is 25.3 Å². The first-order valence-electron chi connectivity index (χ1n) is 9.62. The number of rotatable bonds is 8. The van der Waals surface area contributed by atoms with Crippen LogP contribution in [0.3, 0.4) is 0 Å². The fraction of sp³-hybridized carbons (Fsp3) is 0.579. The van der Waals surface area contributed by atoms with E-state index in [2.05, 4.69) is 28.9 Å². The van der Waals surface area contributed by atoms with Gasteiger partial charge in [-0.05, 0) is 37.3 Å². The van der Waals surface area contributed by atoms with E-state index >= 15 is 0 Å². The van der Waals surface area contributed by atoms with E-state index in [1.165, 1.54) is 0 Å². The van der Waals surface area contributed by atoms with Gasteiger partial charge in [0.1, 0.15) is 0 Å². The van der Waals surface area contributed by atoms with E-state index in [-0.39, 0.29) is 17.6 Å². The number of aryl methyl sites for hydroxylation is 1. The largest absolute Gasteiger partial charge is 0.394 e. The third kappa shape index (κ3) is 5.16. The summed E-state index contributed by atoms with van der Waals surface area (Å²) < 4.78 is 35.5. The molecule has 0 unspecified atom stereocenters. The minimum Gasteiger partial charge on any atom is -0.394 e. The van der Waals surface area contributed by atoms with Crippen LogP contribution in [0.15, 0.2) is 41.4 Å². The van der Waals surface area contributed by atoms with Crippen LogP contribution in [-0.4, -0.2) is 53.4 Å². The van der Waals surface area contributed by atoms with Gasteiger partial charge in [-0.25, -0.2) is 13.1 Å². The number of aliphatic hydroxyl groups is 1. The molecule has 28 heavy (non-hydrogen) atoms. The van der Waals surface area contributed by atoms with E-state index in [1.54, 1.807) is 35.0 Å². The summed E-state index contributed by atoms with van der Waals surface area (Å²) in [6.07, 6.45) is 3.37. The first-order valence-corrected chi connectivity index (χ1v) is 11.1. The highest BCUT2D eigenvalue weighted by atomic mass is 32.2. The van der Waals surface area contributed by atoms with E-state index in [4.69, 9.17) is 4.74 Å². The van der Waals surface area contributed by atoms with Crippen molar-refractivity contribution in [3.63, 3.8) is 0 Å². The average molecular weight is 409 g/mol. The Balaban J connectivity index is 1.56. The van der Waals surface area contributed by atoms with Gasteiger partial charge in [-0.15, -0.1) is 5.10 Å². The van der Waals surface area contributed by atoms with Crippen LogP contribution in [0, 0.1) is 0 Å². The Morgan fingerprint density at radius 2 is 2.04 bits per heavy atom. The number of nitrogens with one attached hydrogen (secondary N) is 1. The molecule has 0 aliphatic carbocycles. The average Bonchev–Trinajstić information content (AvgIpc) is 3.17. The van der Waals surface area contributed by atoms with Crippen molar-refractivity contribution >= 4 is 10.0 Å². The minimum atomic E-state index is -3.64. The lowest BCUT2D eigenvalue weighted by Gasteiger charge is -2.36. The maximum Gasteiger partial charge on any atom is 0.240 e. The molecule has 1 aromatic carbocycles. The molecule has 8 nitrogen and oxygen atoms in total. The fourth-order valence-electron chi connectivity index (χ4n) is 3.31. The summed E-state index contributed by atoms with van der Waals surface area (Å²) in [5.74, 6) is 0.330. The van der Waals surface area contributed by atoms with Crippen molar-refractivity contribution in [1.82, 2.24) is 19.7 Å². The van der Waals surface area contributed by atoms with Crippen molar-refractivity contribution in [2.24, 2.45) is 0 Å². The van der Waals surface area contributed by atoms with E-state index in [9.17, 15) is 13.5 Å². The SMILES string of the molecule is CC(C)c1cn(CC[C@H]2CC[C@H](NS(=O)(=O)c3ccccc3)[C@H](CO)O2)nn1. The van der Waals surface area contributed by atoms with Crippen LogP contribution >= 0.6 is 0 Å². The zero-order valence-electron chi connectivity index (χ0n) is 16.2. The van der Waals surface area contributed by atoms with Crippen LogP contribution in [0.2, 0.25) is 0 Å². The lowest BCUT2D eigenvalue weighted by Crippen LogP contribution is -2.50. The molecular formula is C19H28N4O4S. The van der Waals surface area contributed by atoms with Crippen molar-refractivity contribution < 1.29 is 18.3 Å². The predicted octanol–water partition coefficient (Wildman–Crippen LogP) is 1.68. The molecule has 2 N–H and O–H groups in total. The fourth-order valence-corrected chi connectivity index (χ4v) is 4.63. The van der Waals surface area contributed by atoms with Gasteiger partial charge in [0.05, 0.1) is 35.4 Å². The number of sulfonamides is 1. The Morgan fingerprint density at radius 3 is 2.68 bits per heavy atom. The Hall–Kier alpha value is -1.81. The Bertz CT molecular complexity index is 854. The molecule has 1 aromatic heterocycles. The smallest absolute Gasteiger partial charge is 0.240 e. The van der Waals surface area contributed by atoms with Crippen molar-refractivity contribution in [3.05, 3.63) is 42.2 Å². The van der Waals surface area contributed by atoms with Gasteiger partial charge in [0.2, 0.25) is 10.0 Å². The first kappa shape index (κ1) is 20.9. The molecule has 3 rings (SSSR count). The van der Waals surface area contributed by atoms with Crippen LogP contribution in [0.25, 0.3) is 0 Å². The maximum absolute atomic E-state index is 12.5. The van der Waals surface area contributed by atoms with Gasteiger partial charge in [0, 0.05) is 12.7 Å². The third-order valence-corrected chi connectivity index (χ3v) is 6.49. The van der Waals surface area contributed by atoms with Gasteiger partial charge in [0.25, 0.3) is 0 Å². The summed E-state index contributed by atoms with van der Waals surface area (Å²) in [5, 5.41) is 18.0. The molecule has 1 saturated heterocycles. The van der Waals surface area contributed by atoms with E-state index in [0.717, 1.165) is 12.1 Å². The molecule has 0 amide bonds. The number of ether oxygens (including phenoxy) is 1. The molecule has 2 aromatic rings. The molecule has 0 saturated carbocycles. The number of aromatic nitrogens is 3. The highest BCUT2D eigenvalue weighted by Crippen LogP contribution is 2.24. The molecule has 9 heteroatoms. The molecule has 0 bridgehead atoms. The Labute approximate surface area is 166 Å². The van der Waals surface area contributed by atoms with E-state index < -0.39 is 22.2 Å². The molecule has 1 aliphatic rings. The molecule has 2 heterocycles. The van der Waals surface area contributed by atoms with Crippen molar-refractivity contribution in [2.45, 2.75) is 68.7 Å². The molecule has 154 valence electrons. The van der Waals surface area contributed by atoms with Crippen LogP contribution in [0.1, 0.15) is 44.7 Å². The van der Waals surface area contributed by atoms with Gasteiger partial charge in [-0.3, -0.25) is 4.68 Å². The summed E-state index contributed by atoms with van der Waals surface area (Å²) in [6.45, 7) is 4.57. The van der Waals surface area contributed by atoms with Gasteiger partial charge >= 0.3 is 0 Å². The van der Waals surface area contributed by atoms with E-state index in [1.807, 2.05) is 6.20 Å². The van der Waals surface area contributed by atoms with Crippen molar-refractivity contribution in [3.8, 4) is 0 Å². The van der Waals surface area contributed by atoms with Crippen molar-refractivity contribution in [2.75, 3.05) is 6.61 Å². The summed E-state index contributed by atoms with van der Waals surface area (Å²) in [6, 6.07) is 7.77. The normalized spacial score (nSPS) is 23.2. The Kier molecular flexibility index (Phi) is 6.82. The highest BCUT2D eigenvalue weighted by molar-refractivity contribution is 7.89. The van der Waals surface area contributed by atoms with Crippen LogP contribution < -0.4 is 4.72 Å². The summed E-state index contributed by atoms with van der Waals surface area (Å²) >= 11 is 0. The standard InChI is InChI=1S/C19H28N4O4S/c1-14(2)18-12-23(22-20-18)11-10-15-8-9-17(19(13-24)27-15)21-28(25,26)16-6-4-3-5-7-16/h3-7,12,14-15,17,19,21,24H,8-11,13H2,1-2H3/t15-,17+,19+/m1/s1. The van der Waals surface area contributed by atoms with Gasteiger partial charge < -0.3 is 9.84 Å². The van der Waals surface area contributed by atoms with Crippen LogP contribution in [-0.2, 0) is 21.3 Å². The number of hydrogen-bond donors (Lipinski definition) is 2. The monoisotopic (exact) mass is 408 g/mol. The van der Waals surface area contributed by atoms with Crippen LogP contribution in [0.5, 0.6) is 0 Å². The van der Waals surface area contributed by atoms with Crippen LogP contribution in [0.4, 0.5) is 0 Å². The molecule has 0 spiro atoms. The van der Waals surface area contributed by atoms with Gasteiger partial charge in [0.15, 0.2) is 0 Å². The summed E-state index contributed by atoms with van der Waals surface area (Å²) in [4.78, 5) is 0.209. The van der Waals surface area contributed by atoms with Crippen molar-refractivity contribution in [1.29, 1.82) is 0 Å². The summed E-state index contributed by atoms with van der Waals surface area (Å²) in [5.41, 5.74) is 0.952. The second-order valence-corrected chi connectivity index (χ2v) is 9.16. The topological polar surface area (TPSA) is 106 Å². The number of nitrogens with zero attached hydrogens (tertiary/aromatic N) is 3. The number of benzene rings is 1. The zero-order valence-corrected chi connectivity index (χ0v) is 17.0. The quantitative estimate of drug-likeness (QED) is 0.688. The number of aliphatic hydroxyl groups excluding tert-OH is 1. The third-order valence-electron chi connectivity index (χ3n) is 4.98. The summed E-state index contributed by atoms with van der Waals surface area (Å²) in [7, 11) is -3.64. The van der Waals surface area contributed by atoms with Gasteiger partial charge in [-0.1, -0.05) is 37.3 Å². The molecular weight excluding hydrogens is 380 g/mol. The minimum absolute atomic E-state index is 0.0543. The highest BCUT2D eigenvalue weighted by Gasteiger charge is 2.33. The second kappa shape index (κ2) is 9.13. The first-order chi connectivity index (χ1) is 13.4. The molecule has 1 aliphatic heterocycles. The number of hydrogen-bond acceptors (Lipinski definition) is 6. The van der Waals surface area contributed by atoms with Gasteiger partial charge in [-0.2, -0.15) is 0 Å². The predicted molar refractivity (Wildman–Crippen MR) is 104 cm³/mol. The molecule has 1 fully saturated rings. The Morgan fingerprint density at radius 1 is 1.29 bits per heavy atom. The molecule has 0 radical (unpaired) electrons. The molecule has 3 atom stereocenters. The lowest BCUT2D eigenvalue weighted by atomic mass is 9.98. The second-order valence-electron chi connectivity index (χ2n) is 7.45. The maximum atomic E-state index is 12.5.